The number of benzene rings is 2. The summed E-state index contributed by atoms with van der Waals surface area (Å²) in [6.07, 6.45) is -0.228. The van der Waals surface area contributed by atoms with Gasteiger partial charge in [-0.3, -0.25) is 4.79 Å². The van der Waals surface area contributed by atoms with Crippen molar-refractivity contribution in [2.24, 2.45) is 0 Å². The summed E-state index contributed by atoms with van der Waals surface area (Å²) in [5.41, 5.74) is -0.00841. The molecule has 0 saturated carbocycles. The van der Waals surface area contributed by atoms with Crippen LogP contribution in [0.4, 0.5) is 13.2 Å². The molecule has 0 unspecified atom stereocenters. The normalized spacial score (nSPS) is 10.5. The summed E-state index contributed by atoms with van der Waals surface area (Å²) in [5.74, 6) is -2.79. The predicted octanol–water partition coefficient (Wildman–Crippen LogP) is 4.18. The molecule has 0 spiro atoms. The van der Waals surface area contributed by atoms with Crippen molar-refractivity contribution in [3.8, 4) is 0 Å². The van der Waals surface area contributed by atoms with Crippen molar-refractivity contribution in [2.75, 3.05) is 0 Å². The summed E-state index contributed by atoms with van der Waals surface area (Å²) < 4.78 is 39.5. The Morgan fingerprint density at radius 2 is 1.74 bits per heavy atom. The summed E-state index contributed by atoms with van der Waals surface area (Å²) >= 11 is 5.51. The third-order valence-electron chi connectivity index (χ3n) is 2.58. The smallest absolute Gasteiger partial charge is 0.170 e. The average molecular weight is 285 g/mol. The number of ketones is 1. The second-order valence-corrected chi connectivity index (χ2v) is 4.38. The highest BCUT2D eigenvalue weighted by molar-refractivity contribution is 6.30. The van der Waals surface area contributed by atoms with Gasteiger partial charge in [-0.1, -0.05) is 17.7 Å². The number of hydrogen-bond donors (Lipinski definition) is 0. The number of carbonyl (C=O) groups is 1. The highest BCUT2D eigenvalue weighted by Crippen LogP contribution is 2.18. The second-order valence-electron chi connectivity index (χ2n) is 3.97. The van der Waals surface area contributed by atoms with Gasteiger partial charge in [0, 0.05) is 6.42 Å². The molecule has 0 aromatic heterocycles. The topological polar surface area (TPSA) is 17.1 Å². The van der Waals surface area contributed by atoms with Gasteiger partial charge in [-0.15, -0.1) is 0 Å². The van der Waals surface area contributed by atoms with E-state index in [4.69, 9.17) is 11.6 Å². The molecule has 98 valence electrons. The summed E-state index contributed by atoms with van der Waals surface area (Å²) in [6.45, 7) is 0. The number of Topliss-reactive ketones (excluding diaryl/α,β-unsaturated/α-hetero) is 1. The van der Waals surface area contributed by atoms with Gasteiger partial charge in [0.15, 0.2) is 5.78 Å². The van der Waals surface area contributed by atoms with Crippen LogP contribution in [0.1, 0.15) is 15.9 Å². The molecule has 0 aliphatic rings. The quantitative estimate of drug-likeness (QED) is 0.773. The molecule has 0 amide bonds. The molecular weight excluding hydrogens is 277 g/mol. The van der Waals surface area contributed by atoms with Crippen LogP contribution in [0.15, 0.2) is 36.4 Å². The molecule has 0 aliphatic carbocycles. The van der Waals surface area contributed by atoms with Crippen molar-refractivity contribution < 1.29 is 18.0 Å². The molecule has 0 heterocycles. The maximum Gasteiger partial charge on any atom is 0.170 e. The van der Waals surface area contributed by atoms with E-state index in [1.54, 1.807) is 0 Å². The molecule has 0 fully saturated rings. The Bertz CT molecular complexity index is 641. The van der Waals surface area contributed by atoms with Gasteiger partial charge in [0.1, 0.15) is 17.5 Å². The van der Waals surface area contributed by atoms with Gasteiger partial charge in [0.25, 0.3) is 0 Å². The van der Waals surface area contributed by atoms with Crippen LogP contribution >= 0.6 is 11.6 Å². The number of rotatable bonds is 3. The molecule has 0 bridgehead atoms. The molecule has 19 heavy (non-hydrogen) atoms. The van der Waals surface area contributed by atoms with Crippen molar-refractivity contribution in [2.45, 2.75) is 6.42 Å². The van der Waals surface area contributed by atoms with Gasteiger partial charge in [0.05, 0.1) is 10.6 Å². The molecule has 1 nitrogen and oxygen atoms in total. The van der Waals surface area contributed by atoms with E-state index >= 15 is 0 Å². The van der Waals surface area contributed by atoms with Crippen LogP contribution in [0.5, 0.6) is 0 Å². The lowest BCUT2D eigenvalue weighted by molar-refractivity contribution is 0.0988. The Kier molecular flexibility index (Phi) is 3.90. The van der Waals surface area contributed by atoms with Gasteiger partial charge in [-0.05, 0) is 35.9 Å². The summed E-state index contributed by atoms with van der Waals surface area (Å²) in [7, 11) is 0. The molecular formula is C14H8ClF3O. The van der Waals surface area contributed by atoms with Crippen molar-refractivity contribution in [1.82, 2.24) is 0 Å². The van der Waals surface area contributed by atoms with Crippen LogP contribution in [0.2, 0.25) is 5.02 Å². The molecule has 0 aliphatic heterocycles. The maximum atomic E-state index is 13.4. The molecule has 2 rings (SSSR count). The fourth-order valence-electron chi connectivity index (χ4n) is 1.64. The van der Waals surface area contributed by atoms with Crippen molar-refractivity contribution in [3.05, 3.63) is 70.0 Å². The summed E-state index contributed by atoms with van der Waals surface area (Å²) in [5, 5.41) is -0.0619. The molecule has 5 heteroatoms. The van der Waals surface area contributed by atoms with Gasteiger partial charge >= 0.3 is 0 Å². The monoisotopic (exact) mass is 284 g/mol. The van der Waals surface area contributed by atoms with Crippen molar-refractivity contribution >= 4 is 17.4 Å². The van der Waals surface area contributed by atoms with E-state index in [1.807, 2.05) is 0 Å². The Hall–Kier alpha value is -1.81. The first-order chi connectivity index (χ1) is 8.97. The first-order valence-electron chi connectivity index (χ1n) is 5.39. The van der Waals surface area contributed by atoms with Gasteiger partial charge in [0.2, 0.25) is 0 Å². The number of halogens is 4. The molecule has 0 N–H and O–H groups in total. The zero-order chi connectivity index (χ0) is 14.0. The summed E-state index contributed by atoms with van der Waals surface area (Å²) in [6, 6.07) is 6.49. The van der Waals surface area contributed by atoms with Crippen molar-refractivity contribution in [1.29, 1.82) is 0 Å². The largest absolute Gasteiger partial charge is 0.294 e. The van der Waals surface area contributed by atoms with Gasteiger partial charge < -0.3 is 0 Å². The van der Waals surface area contributed by atoms with E-state index in [0.29, 0.717) is 5.56 Å². The minimum atomic E-state index is -0.805. The SMILES string of the molecule is O=C(Cc1ccc(Cl)c(F)c1)c1cc(F)ccc1F. The molecule has 0 saturated heterocycles. The number of carbonyl (C=O) groups excluding carboxylic acids is 1. The minimum Gasteiger partial charge on any atom is -0.294 e. The zero-order valence-electron chi connectivity index (χ0n) is 9.59. The fourth-order valence-corrected chi connectivity index (χ4v) is 1.76. The lowest BCUT2D eigenvalue weighted by atomic mass is 10.0. The van der Waals surface area contributed by atoms with Crippen LogP contribution in [-0.2, 0) is 6.42 Å². The average Bonchev–Trinajstić information content (AvgIpc) is 2.36. The van der Waals surface area contributed by atoms with E-state index in [2.05, 4.69) is 0 Å². The fraction of sp³-hybridized carbons (Fsp3) is 0.0714. The lowest BCUT2D eigenvalue weighted by Gasteiger charge is -2.04. The zero-order valence-corrected chi connectivity index (χ0v) is 10.3. The molecule has 0 radical (unpaired) electrons. The molecule has 2 aromatic rings. The number of hydrogen-bond acceptors (Lipinski definition) is 1. The van der Waals surface area contributed by atoms with Gasteiger partial charge in [-0.2, -0.15) is 0 Å². The van der Waals surface area contributed by atoms with E-state index in [9.17, 15) is 18.0 Å². The lowest BCUT2D eigenvalue weighted by Crippen LogP contribution is -2.07. The van der Waals surface area contributed by atoms with Crippen molar-refractivity contribution in [3.63, 3.8) is 0 Å². The Labute approximate surface area is 112 Å². The van der Waals surface area contributed by atoms with E-state index in [0.717, 1.165) is 24.3 Å². The minimum absolute atomic E-state index is 0.0619. The van der Waals surface area contributed by atoms with Crippen LogP contribution in [0, 0.1) is 17.5 Å². The predicted molar refractivity (Wildman–Crippen MR) is 65.8 cm³/mol. The van der Waals surface area contributed by atoms with E-state index in [-0.39, 0.29) is 17.0 Å². The standard InChI is InChI=1S/C14H8ClF3O/c15-11-3-1-8(5-13(11)18)6-14(19)10-7-9(16)2-4-12(10)17/h1-5,7H,6H2. The first-order valence-corrected chi connectivity index (χ1v) is 5.77. The highest BCUT2D eigenvalue weighted by Gasteiger charge is 2.14. The van der Waals surface area contributed by atoms with E-state index in [1.165, 1.54) is 12.1 Å². The van der Waals surface area contributed by atoms with Gasteiger partial charge in [-0.25, -0.2) is 13.2 Å². The molecule has 0 atom stereocenters. The van der Waals surface area contributed by atoms with Crippen LogP contribution in [0.3, 0.4) is 0 Å². The van der Waals surface area contributed by atoms with Crippen LogP contribution in [0.25, 0.3) is 0 Å². The third kappa shape index (κ3) is 3.15. The molecule has 2 aromatic carbocycles. The van der Waals surface area contributed by atoms with Crippen LogP contribution < -0.4 is 0 Å². The first kappa shape index (κ1) is 13.6. The summed E-state index contributed by atoms with van der Waals surface area (Å²) in [4.78, 5) is 11.8. The van der Waals surface area contributed by atoms with E-state index < -0.39 is 23.2 Å². The Balaban J connectivity index is 2.25. The third-order valence-corrected chi connectivity index (χ3v) is 2.88. The Morgan fingerprint density at radius 3 is 2.42 bits per heavy atom. The highest BCUT2D eigenvalue weighted by atomic mass is 35.5. The second kappa shape index (κ2) is 5.45. The Morgan fingerprint density at radius 1 is 1.00 bits per heavy atom. The maximum absolute atomic E-state index is 13.4. The van der Waals surface area contributed by atoms with Crippen LogP contribution in [-0.4, -0.2) is 5.78 Å².